The Balaban J connectivity index is 2.18. The van der Waals surface area contributed by atoms with Crippen LogP contribution in [0.3, 0.4) is 0 Å². The molecule has 10 heteroatoms. The van der Waals surface area contributed by atoms with Gasteiger partial charge >= 0.3 is 0 Å². The molecule has 4 rings (SSSR count). The first-order valence-electron chi connectivity index (χ1n) is 16.0. The van der Waals surface area contributed by atoms with E-state index in [1.807, 2.05) is 33.8 Å². The van der Waals surface area contributed by atoms with E-state index in [1.54, 1.807) is 34.6 Å². The minimum atomic E-state index is -2.73. The third-order valence-electron chi connectivity index (χ3n) is 12.0. The van der Waals surface area contributed by atoms with Crippen molar-refractivity contribution in [2.24, 2.45) is 46.2 Å². The second-order valence-corrected chi connectivity index (χ2v) is 15.5. The third kappa shape index (κ3) is 4.49. The number of aliphatic hydroxyl groups is 3. The molecular formula is C35H51NO9. The molecule has 45 heavy (non-hydrogen) atoms. The second kappa shape index (κ2) is 11.2. The van der Waals surface area contributed by atoms with E-state index in [2.05, 4.69) is 0 Å². The number of rotatable bonds is 7. The third-order valence-corrected chi connectivity index (χ3v) is 12.0. The molecule has 0 aliphatic heterocycles. The highest BCUT2D eigenvalue weighted by molar-refractivity contribution is 6.09. The van der Waals surface area contributed by atoms with E-state index in [9.17, 15) is 39.6 Å². The minimum absolute atomic E-state index is 0.00794. The van der Waals surface area contributed by atoms with Crippen LogP contribution in [0.2, 0.25) is 0 Å². The van der Waals surface area contributed by atoms with Crippen molar-refractivity contribution in [1.29, 1.82) is 0 Å². The molecule has 3 aliphatic rings. The summed E-state index contributed by atoms with van der Waals surface area (Å²) in [6, 6.07) is 1.83. The van der Waals surface area contributed by atoms with Crippen LogP contribution >= 0.6 is 0 Å². The summed E-state index contributed by atoms with van der Waals surface area (Å²) >= 11 is 0. The van der Waals surface area contributed by atoms with Crippen molar-refractivity contribution in [3.63, 3.8) is 0 Å². The van der Waals surface area contributed by atoms with Crippen LogP contribution in [0.5, 0.6) is 5.75 Å². The van der Waals surface area contributed by atoms with Crippen molar-refractivity contribution in [2.45, 2.75) is 111 Å². The summed E-state index contributed by atoms with van der Waals surface area (Å²) < 4.78 is 5.56. The van der Waals surface area contributed by atoms with Crippen molar-refractivity contribution in [1.82, 2.24) is 0 Å². The summed E-state index contributed by atoms with van der Waals surface area (Å²) in [5.41, 5.74) is 1.06. The molecule has 6 N–H and O–H groups in total. The normalized spacial score (nSPS) is 38.0. The van der Waals surface area contributed by atoms with Crippen LogP contribution in [0.4, 0.5) is 0 Å². The van der Waals surface area contributed by atoms with E-state index < -0.39 is 87.0 Å². The summed E-state index contributed by atoms with van der Waals surface area (Å²) in [4.78, 5) is 55.2. The molecule has 1 aromatic carbocycles. The minimum Gasteiger partial charge on any atom is -0.507 e. The van der Waals surface area contributed by atoms with Crippen LogP contribution in [0, 0.1) is 40.4 Å². The lowest BCUT2D eigenvalue weighted by atomic mass is 9.33. The lowest BCUT2D eigenvalue weighted by molar-refractivity contribution is -0.292. The number of hydrogen-bond acceptors (Lipinski definition) is 9. The molecule has 2 fully saturated rings. The Morgan fingerprint density at radius 2 is 1.71 bits per heavy atom. The Hall–Kier alpha value is -2.66. The van der Waals surface area contributed by atoms with Gasteiger partial charge in [-0.2, -0.15) is 0 Å². The molecule has 250 valence electrons. The first-order chi connectivity index (χ1) is 20.6. The predicted molar refractivity (Wildman–Crippen MR) is 166 cm³/mol. The summed E-state index contributed by atoms with van der Waals surface area (Å²) in [7, 11) is 1.53. The number of amides is 1. The topological polar surface area (TPSA) is 184 Å². The highest BCUT2D eigenvalue weighted by Crippen LogP contribution is 2.72. The lowest BCUT2D eigenvalue weighted by Crippen LogP contribution is -2.82. The van der Waals surface area contributed by atoms with Gasteiger partial charge in [-0.25, -0.2) is 0 Å². The molecule has 2 saturated carbocycles. The molecule has 1 amide bonds. The average molecular weight is 630 g/mol. The summed E-state index contributed by atoms with van der Waals surface area (Å²) in [5, 5.41) is 48.4. The highest BCUT2D eigenvalue weighted by atomic mass is 16.5. The van der Waals surface area contributed by atoms with Gasteiger partial charge in [-0.15, -0.1) is 0 Å². The Morgan fingerprint density at radius 1 is 1.13 bits per heavy atom. The largest absolute Gasteiger partial charge is 0.507 e. The van der Waals surface area contributed by atoms with Crippen molar-refractivity contribution in [2.75, 3.05) is 7.11 Å². The van der Waals surface area contributed by atoms with Crippen LogP contribution in [-0.2, 0) is 31.1 Å². The van der Waals surface area contributed by atoms with Crippen molar-refractivity contribution in [3.05, 3.63) is 28.3 Å². The number of hydrogen-bond donors (Lipinski definition) is 5. The second-order valence-electron chi connectivity index (χ2n) is 15.5. The van der Waals surface area contributed by atoms with Crippen LogP contribution in [0.1, 0.15) is 108 Å². The lowest BCUT2D eigenvalue weighted by Gasteiger charge is -2.71. The van der Waals surface area contributed by atoms with E-state index in [-0.39, 0.29) is 36.5 Å². The molecule has 10 nitrogen and oxygen atoms in total. The zero-order chi connectivity index (χ0) is 34.4. The number of primary amides is 1. The summed E-state index contributed by atoms with van der Waals surface area (Å²) in [5.74, 6) is -9.65. The maximum Gasteiger partial charge on any atom is 0.230 e. The Kier molecular flexibility index (Phi) is 8.80. The van der Waals surface area contributed by atoms with Gasteiger partial charge in [0.05, 0.1) is 24.2 Å². The Bertz CT molecular complexity index is 1430. The number of benzene rings is 1. The number of phenols is 1. The quantitative estimate of drug-likeness (QED) is 0.283. The van der Waals surface area contributed by atoms with Crippen molar-refractivity contribution >= 4 is 23.3 Å². The Morgan fingerprint density at radius 3 is 2.18 bits per heavy atom. The fourth-order valence-corrected chi connectivity index (χ4v) is 9.87. The zero-order valence-electron chi connectivity index (χ0n) is 28.2. The van der Waals surface area contributed by atoms with Crippen molar-refractivity contribution in [3.8, 4) is 5.75 Å². The molecule has 0 radical (unpaired) electrons. The fraction of sp³-hybridized carbons (Fsp3) is 0.714. The van der Waals surface area contributed by atoms with Gasteiger partial charge in [-0.1, -0.05) is 62.3 Å². The molecule has 5 unspecified atom stereocenters. The summed E-state index contributed by atoms with van der Waals surface area (Å²) in [6.07, 6.45) is -3.66. The number of carbonyl (C=O) groups is 4. The van der Waals surface area contributed by atoms with Crippen LogP contribution in [0.15, 0.2) is 6.07 Å². The number of aliphatic hydroxyl groups excluding tert-OH is 2. The molecule has 0 heterocycles. The van der Waals surface area contributed by atoms with E-state index in [0.717, 1.165) is 0 Å². The average Bonchev–Trinajstić information content (AvgIpc) is 2.92. The van der Waals surface area contributed by atoms with E-state index >= 15 is 0 Å². The van der Waals surface area contributed by atoms with Gasteiger partial charge in [-0.3, -0.25) is 19.2 Å². The first-order valence-corrected chi connectivity index (χ1v) is 16.0. The number of carbonyl (C=O) groups excluding carboxylic acids is 4. The van der Waals surface area contributed by atoms with Gasteiger partial charge in [0, 0.05) is 30.9 Å². The molecule has 10 atom stereocenters. The molecule has 0 bridgehead atoms. The van der Waals surface area contributed by atoms with Gasteiger partial charge < -0.3 is 30.9 Å². The number of aromatic hydroxyl groups is 1. The van der Waals surface area contributed by atoms with E-state index in [0.29, 0.717) is 16.7 Å². The molecule has 3 aliphatic carbocycles. The van der Waals surface area contributed by atoms with Gasteiger partial charge in [0.2, 0.25) is 5.91 Å². The van der Waals surface area contributed by atoms with Gasteiger partial charge in [-0.05, 0) is 51.7 Å². The number of Topliss-reactive ketones (excluding diaryl/α,β-unsaturated/α-hetero) is 3. The number of methoxy groups -OCH3 is 1. The summed E-state index contributed by atoms with van der Waals surface area (Å²) in [6.45, 7) is 16.3. The molecule has 0 aromatic heterocycles. The predicted octanol–water partition coefficient (Wildman–Crippen LogP) is 3.17. The van der Waals surface area contributed by atoms with Crippen LogP contribution < -0.4 is 5.73 Å². The Labute approximate surface area is 265 Å². The highest BCUT2D eigenvalue weighted by Gasteiger charge is 2.80. The smallest absolute Gasteiger partial charge is 0.230 e. The van der Waals surface area contributed by atoms with Gasteiger partial charge in [0.15, 0.2) is 17.2 Å². The van der Waals surface area contributed by atoms with E-state index in [4.69, 9.17) is 10.5 Å². The molecule has 0 spiro atoms. The van der Waals surface area contributed by atoms with Crippen molar-refractivity contribution < 1.29 is 44.3 Å². The maximum atomic E-state index is 14.9. The number of fused-ring (bicyclic) bond motifs is 3. The standard InChI is InChI=1S/C35H51NO9/c1-11-18(37)13-20-33(8)16(4)21-17(14-45-10)12-19(32(5,6)7)26(38)22(21)27(39)25(33)30(42)35(44)29(41)23(31(36)43)28(40)24(15(2)3)34(20,35)9/h12,15-16,20,23-25,28,30,38,40,42,44H,11,13-14H2,1-10H3,(H2,36,43)/t16-,20?,23?,24+,25?,28?,30?,33-,34-,35+/m1/s1. The maximum absolute atomic E-state index is 14.9. The van der Waals surface area contributed by atoms with Crippen LogP contribution in [-0.4, -0.2) is 68.6 Å². The molecule has 0 saturated heterocycles. The molecular weight excluding hydrogens is 578 g/mol. The molecule has 1 aromatic rings. The number of phenolic OH excluding ortho intramolecular Hbond substituents is 1. The fourth-order valence-electron chi connectivity index (χ4n) is 9.87. The first kappa shape index (κ1) is 35.2. The zero-order valence-corrected chi connectivity index (χ0v) is 28.2. The monoisotopic (exact) mass is 629 g/mol. The number of ketones is 3. The van der Waals surface area contributed by atoms with Gasteiger partial charge in [0.25, 0.3) is 0 Å². The SMILES string of the molecule is CCC(=O)CC1[C@]2(C)C(C(=O)c3c(O)c(C(C)(C)C)cc(COC)c3[C@H]2C)C(O)[C@@]2(O)C(=O)C(C(N)=O)C(O)[C@H](C(C)C)[C@@]12C. The van der Waals surface area contributed by atoms with E-state index in [1.165, 1.54) is 7.11 Å². The van der Waals surface area contributed by atoms with Crippen LogP contribution in [0.25, 0.3) is 0 Å². The number of nitrogens with two attached hydrogens (primary N) is 1. The number of ether oxygens (including phenoxy) is 1. The van der Waals surface area contributed by atoms with Gasteiger partial charge in [0.1, 0.15) is 23.6 Å².